The number of carbonyl (C=O) groups excluding carboxylic acids is 1. The number of nitrogens with zero attached hydrogens (tertiary/aromatic N) is 1. The van der Waals surface area contributed by atoms with Crippen molar-refractivity contribution in [2.75, 3.05) is 5.32 Å². The van der Waals surface area contributed by atoms with Crippen molar-refractivity contribution < 1.29 is 9.21 Å². The van der Waals surface area contributed by atoms with Crippen molar-refractivity contribution in [1.29, 1.82) is 0 Å². The number of hydrogen-bond donors (Lipinski definition) is 2. The Balaban J connectivity index is 2.20. The van der Waals surface area contributed by atoms with Gasteiger partial charge in [0, 0.05) is 11.3 Å². The molecule has 2 N–H and O–H groups in total. The molecule has 0 unspecified atom stereocenters. The maximum absolute atomic E-state index is 11.8. The van der Waals surface area contributed by atoms with Gasteiger partial charge >= 0.3 is 0 Å². The van der Waals surface area contributed by atoms with Gasteiger partial charge in [0.1, 0.15) is 5.76 Å². The van der Waals surface area contributed by atoms with Gasteiger partial charge < -0.3 is 9.73 Å². The van der Waals surface area contributed by atoms with Crippen molar-refractivity contribution in [3.63, 3.8) is 0 Å². The second-order valence-electron chi connectivity index (χ2n) is 3.67. The number of hydrogen-bond acceptors (Lipinski definition) is 3. The van der Waals surface area contributed by atoms with E-state index in [-0.39, 0.29) is 5.91 Å². The molecule has 16 heavy (non-hydrogen) atoms. The van der Waals surface area contributed by atoms with Gasteiger partial charge in [-0.05, 0) is 26.8 Å². The molecular formula is C11H13N3O2. The molecule has 2 heterocycles. The van der Waals surface area contributed by atoms with Crippen LogP contribution in [0.1, 0.15) is 27.4 Å². The zero-order valence-corrected chi connectivity index (χ0v) is 9.42. The fourth-order valence-electron chi connectivity index (χ4n) is 1.40. The number of H-pyrrole nitrogens is 1. The van der Waals surface area contributed by atoms with Gasteiger partial charge in [-0.25, -0.2) is 0 Å². The molecule has 0 aliphatic rings. The van der Waals surface area contributed by atoms with Crippen molar-refractivity contribution in [1.82, 2.24) is 10.2 Å². The SMILES string of the molecule is Cc1[nH]nc(NC(=O)c2ccoc2C)c1C. The summed E-state index contributed by atoms with van der Waals surface area (Å²) in [7, 11) is 0. The number of aromatic amines is 1. The Morgan fingerprint density at radius 3 is 2.69 bits per heavy atom. The molecule has 5 heteroatoms. The molecule has 0 saturated carbocycles. The summed E-state index contributed by atoms with van der Waals surface area (Å²) in [5.74, 6) is 0.950. The first-order valence-corrected chi connectivity index (χ1v) is 4.96. The van der Waals surface area contributed by atoms with Gasteiger partial charge in [0.2, 0.25) is 0 Å². The van der Waals surface area contributed by atoms with Crippen molar-refractivity contribution in [3.8, 4) is 0 Å². The summed E-state index contributed by atoms with van der Waals surface area (Å²) >= 11 is 0. The third-order valence-corrected chi connectivity index (χ3v) is 2.59. The van der Waals surface area contributed by atoms with Gasteiger partial charge in [0.25, 0.3) is 5.91 Å². The molecule has 2 rings (SSSR count). The van der Waals surface area contributed by atoms with Gasteiger partial charge in [-0.2, -0.15) is 5.10 Å². The van der Waals surface area contributed by atoms with Crippen LogP contribution in [0.2, 0.25) is 0 Å². The fourth-order valence-corrected chi connectivity index (χ4v) is 1.40. The van der Waals surface area contributed by atoms with Crippen LogP contribution in [0.4, 0.5) is 5.82 Å². The van der Waals surface area contributed by atoms with Crippen molar-refractivity contribution >= 4 is 11.7 Å². The standard InChI is InChI=1S/C11H13N3O2/c1-6-7(2)13-14-10(6)12-11(15)9-4-5-16-8(9)3/h4-5H,1-3H3,(H2,12,13,14,15). The number of amides is 1. The molecule has 0 atom stereocenters. The quantitative estimate of drug-likeness (QED) is 0.813. The van der Waals surface area contributed by atoms with Crippen LogP contribution in [-0.4, -0.2) is 16.1 Å². The molecule has 84 valence electrons. The highest BCUT2D eigenvalue weighted by molar-refractivity contribution is 6.04. The van der Waals surface area contributed by atoms with E-state index in [1.807, 2.05) is 13.8 Å². The van der Waals surface area contributed by atoms with Crippen LogP contribution in [0.25, 0.3) is 0 Å². The second kappa shape index (κ2) is 3.84. The Labute approximate surface area is 92.9 Å². The monoisotopic (exact) mass is 219 g/mol. The molecule has 0 aromatic carbocycles. The average Bonchev–Trinajstić information content (AvgIpc) is 2.79. The molecular weight excluding hydrogens is 206 g/mol. The Kier molecular flexibility index (Phi) is 2.52. The van der Waals surface area contributed by atoms with E-state index in [1.54, 1.807) is 13.0 Å². The first kappa shape index (κ1) is 10.5. The number of aromatic nitrogens is 2. The van der Waals surface area contributed by atoms with E-state index in [0.29, 0.717) is 17.1 Å². The molecule has 0 saturated heterocycles. The minimum absolute atomic E-state index is 0.208. The lowest BCUT2D eigenvalue weighted by atomic mass is 10.2. The highest BCUT2D eigenvalue weighted by Crippen LogP contribution is 2.16. The number of nitrogens with one attached hydrogen (secondary N) is 2. The third-order valence-electron chi connectivity index (χ3n) is 2.59. The van der Waals surface area contributed by atoms with E-state index in [1.165, 1.54) is 6.26 Å². The summed E-state index contributed by atoms with van der Waals surface area (Å²) in [4.78, 5) is 11.8. The van der Waals surface area contributed by atoms with Gasteiger partial charge in [-0.1, -0.05) is 0 Å². The molecule has 0 aliphatic carbocycles. The maximum Gasteiger partial charge on any atom is 0.260 e. The van der Waals surface area contributed by atoms with Gasteiger partial charge in [0.15, 0.2) is 5.82 Å². The van der Waals surface area contributed by atoms with Crippen LogP contribution in [0.15, 0.2) is 16.7 Å². The van der Waals surface area contributed by atoms with E-state index in [0.717, 1.165) is 11.3 Å². The average molecular weight is 219 g/mol. The summed E-state index contributed by atoms with van der Waals surface area (Å²) in [5.41, 5.74) is 2.41. The van der Waals surface area contributed by atoms with E-state index >= 15 is 0 Å². The Hall–Kier alpha value is -2.04. The first-order chi connectivity index (χ1) is 7.59. The number of anilines is 1. The van der Waals surface area contributed by atoms with Crippen LogP contribution in [0.5, 0.6) is 0 Å². The molecule has 5 nitrogen and oxygen atoms in total. The van der Waals surface area contributed by atoms with Crippen molar-refractivity contribution in [3.05, 3.63) is 34.9 Å². The van der Waals surface area contributed by atoms with Crippen LogP contribution in [0.3, 0.4) is 0 Å². The van der Waals surface area contributed by atoms with Gasteiger partial charge in [0.05, 0.1) is 11.8 Å². The van der Waals surface area contributed by atoms with Crippen molar-refractivity contribution in [2.45, 2.75) is 20.8 Å². The molecule has 1 amide bonds. The number of rotatable bonds is 2. The third kappa shape index (κ3) is 1.71. The molecule has 2 aromatic rings. The molecule has 0 radical (unpaired) electrons. The largest absolute Gasteiger partial charge is 0.469 e. The minimum atomic E-state index is -0.208. The predicted octanol–water partition coefficient (Wildman–Crippen LogP) is 2.18. The van der Waals surface area contributed by atoms with Crippen molar-refractivity contribution in [2.24, 2.45) is 0 Å². The Morgan fingerprint density at radius 2 is 2.19 bits per heavy atom. The summed E-state index contributed by atoms with van der Waals surface area (Å²) in [6.07, 6.45) is 1.49. The molecule has 0 bridgehead atoms. The molecule has 0 fully saturated rings. The Bertz CT molecular complexity index is 525. The molecule has 0 aliphatic heterocycles. The predicted molar refractivity (Wildman–Crippen MR) is 59.5 cm³/mol. The zero-order chi connectivity index (χ0) is 11.7. The van der Waals surface area contributed by atoms with Crippen LogP contribution < -0.4 is 5.32 Å². The van der Waals surface area contributed by atoms with E-state index in [9.17, 15) is 4.79 Å². The van der Waals surface area contributed by atoms with Crippen LogP contribution >= 0.6 is 0 Å². The number of furan rings is 1. The zero-order valence-electron chi connectivity index (χ0n) is 9.42. The molecule has 2 aromatic heterocycles. The lowest BCUT2D eigenvalue weighted by molar-refractivity contribution is 0.102. The first-order valence-electron chi connectivity index (χ1n) is 4.96. The lowest BCUT2D eigenvalue weighted by Crippen LogP contribution is -2.13. The highest BCUT2D eigenvalue weighted by atomic mass is 16.3. The summed E-state index contributed by atoms with van der Waals surface area (Å²) < 4.78 is 5.07. The van der Waals surface area contributed by atoms with E-state index in [2.05, 4.69) is 15.5 Å². The van der Waals surface area contributed by atoms with Gasteiger partial charge in [-0.15, -0.1) is 0 Å². The minimum Gasteiger partial charge on any atom is -0.469 e. The lowest BCUT2D eigenvalue weighted by Gasteiger charge is -2.01. The summed E-state index contributed by atoms with van der Waals surface area (Å²) in [5, 5.41) is 9.55. The maximum atomic E-state index is 11.8. The summed E-state index contributed by atoms with van der Waals surface area (Å²) in [6, 6.07) is 1.64. The normalized spacial score (nSPS) is 10.4. The smallest absolute Gasteiger partial charge is 0.260 e. The van der Waals surface area contributed by atoms with E-state index in [4.69, 9.17) is 4.42 Å². The second-order valence-corrected chi connectivity index (χ2v) is 3.67. The number of carbonyl (C=O) groups is 1. The van der Waals surface area contributed by atoms with E-state index < -0.39 is 0 Å². The highest BCUT2D eigenvalue weighted by Gasteiger charge is 2.14. The number of aryl methyl sites for hydroxylation is 2. The van der Waals surface area contributed by atoms with Gasteiger partial charge in [-0.3, -0.25) is 9.89 Å². The fraction of sp³-hybridized carbons (Fsp3) is 0.273. The molecule has 0 spiro atoms. The topological polar surface area (TPSA) is 70.9 Å². The summed E-state index contributed by atoms with van der Waals surface area (Å²) in [6.45, 7) is 5.55. The van der Waals surface area contributed by atoms with Crippen LogP contribution in [-0.2, 0) is 0 Å². The Morgan fingerprint density at radius 1 is 1.44 bits per heavy atom. The van der Waals surface area contributed by atoms with Crippen LogP contribution in [0, 0.1) is 20.8 Å².